The van der Waals surface area contributed by atoms with E-state index >= 15 is 0 Å². The molecule has 3 rings (SSSR count). The Hall–Kier alpha value is -0.980. The Morgan fingerprint density at radius 1 is 1.46 bits per heavy atom. The van der Waals surface area contributed by atoms with Gasteiger partial charge in [0.2, 0.25) is 0 Å². The van der Waals surface area contributed by atoms with Crippen LogP contribution < -0.4 is 5.32 Å². The molecule has 0 bridgehead atoms. The second-order valence-corrected chi connectivity index (χ2v) is 9.89. The zero-order valence-corrected chi connectivity index (χ0v) is 17.5. The zero-order valence-electron chi connectivity index (χ0n) is 16.6. The number of nitrogens with zero attached hydrogens (tertiary/aromatic N) is 2. The number of thiazole rings is 1. The highest BCUT2D eigenvalue weighted by Gasteiger charge is 2.46. The molecule has 2 atom stereocenters. The van der Waals surface area contributed by atoms with Crippen LogP contribution in [0.1, 0.15) is 68.2 Å². The third-order valence-corrected chi connectivity index (χ3v) is 6.63. The van der Waals surface area contributed by atoms with Gasteiger partial charge in [0, 0.05) is 13.1 Å². The van der Waals surface area contributed by atoms with Crippen molar-refractivity contribution in [1.29, 1.82) is 0 Å². The third-order valence-electron chi connectivity index (χ3n) is 5.70. The fourth-order valence-corrected chi connectivity index (χ4v) is 4.79. The molecule has 1 spiro atoms. The average Bonchev–Trinajstić information content (AvgIpc) is 3.01. The van der Waals surface area contributed by atoms with Crippen molar-refractivity contribution >= 4 is 17.2 Å². The first-order valence-electron chi connectivity index (χ1n) is 9.86. The minimum atomic E-state index is -0.233. The van der Waals surface area contributed by atoms with E-state index < -0.39 is 0 Å². The Balaban J connectivity index is 1.68. The number of rotatable bonds is 4. The molecule has 1 amide bonds. The third kappa shape index (κ3) is 4.65. The summed E-state index contributed by atoms with van der Waals surface area (Å²) >= 11 is 1.42. The number of hydrogen-bond acceptors (Lipinski definition) is 5. The topological polar surface area (TPSA) is 54.5 Å². The molecule has 1 aromatic rings. The van der Waals surface area contributed by atoms with E-state index in [9.17, 15) is 4.79 Å². The molecule has 1 aromatic heterocycles. The number of aromatic nitrogens is 1. The van der Waals surface area contributed by atoms with Crippen molar-refractivity contribution in [1.82, 2.24) is 15.2 Å². The maximum Gasteiger partial charge on any atom is 0.263 e. The Labute approximate surface area is 161 Å². The molecule has 1 saturated heterocycles. The van der Waals surface area contributed by atoms with E-state index in [1.807, 2.05) is 6.92 Å². The van der Waals surface area contributed by atoms with Gasteiger partial charge in [-0.15, -0.1) is 11.3 Å². The number of ether oxygens (including phenoxy) is 1. The fourth-order valence-electron chi connectivity index (χ4n) is 4.08. The summed E-state index contributed by atoms with van der Waals surface area (Å²) in [5.41, 5.74) is 2.67. The van der Waals surface area contributed by atoms with Crippen LogP contribution in [0.2, 0.25) is 0 Å². The molecule has 1 aliphatic carbocycles. The molecule has 1 N–H and O–H groups in total. The molecule has 2 fully saturated rings. The first kappa shape index (κ1) is 19.8. The normalized spacial score (nSPS) is 27.6. The van der Waals surface area contributed by atoms with Gasteiger partial charge in [-0.1, -0.05) is 33.6 Å². The minimum absolute atomic E-state index is 0.00619. The summed E-state index contributed by atoms with van der Waals surface area (Å²) in [5.74, 6) is 0.00619. The van der Waals surface area contributed by atoms with E-state index in [4.69, 9.17) is 4.74 Å². The Morgan fingerprint density at radius 2 is 2.27 bits per heavy atom. The molecule has 146 valence electrons. The lowest BCUT2D eigenvalue weighted by molar-refractivity contribution is -0.142. The molecule has 2 aliphatic rings. The van der Waals surface area contributed by atoms with E-state index in [1.54, 1.807) is 5.51 Å². The van der Waals surface area contributed by atoms with Gasteiger partial charge in [0.05, 0.1) is 23.9 Å². The maximum absolute atomic E-state index is 12.7. The molecule has 2 unspecified atom stereocenters. The number of aryl methyl sites for hydroxylation is 1. The molecule has 6 heteroatoms. The van der Waals surface area contributed by atoms with Crippen LogP contribution >= 0.6 is 11.3 Å². The highest BCUT2D eigenvalue weighted by molar-refractivity contribution is 7.11. The molecular formula is C20H33N3O2S. The van der Waals surface area contributed by atoms with Gasteiger partial charge in [-0.25, -0.2) is 4.98 Å². The molecular weight excluding hydrogens is 346 g/mol. The molecule has 1 aliphatic heterocycles. The summed E-state index contributed by atoms with van der Waals surface area (Å²) in [4.78, 5) is 20.2. The van der Waals surface area contributed by atoms with Crippen LogP contribution in [-0.4, -0.2) is 53.7 Å². The predicted octanol–water partition coefficient (Wildman–Crippen LogP) is 3.63. The van der Waals surface area contributed by atoms with Crippen molar-refractivity contribution < 1.29 is 9.53 Å². The molecule has 0 aromatic carbocycles. The largest absolute Gasteiger partial charge is 0.370 e. The molecule has 26 heavy (non-hydrogen) atoms. The van der Waals surface area contributed by atoms with Crippen LogP contribution in [0.5, 0.6) is 0 Å². The lowest BCUT2D eigenvalue weighted by atomic mass is 9.78. The van der Waals surface area contributed by atoms with Crippen molar-refractivity contribution in [3.63, 3.8) is 0 Å². The lowest BCUT2D eigenvalue weighted by Crippen LogP contribution is -2.64. The van der Waals surface area contributed by atoms with Gasteiger partial charge in [-0.2, -0.15) is 0 Å². The number of carbonyl (C=O) groups excluding carboxylic acids is 1. The Bertz CT molecular complexity index is 621. The van der Waals surface area contributed by atoms with E-state index in [1.165, 1.54) is 24.2 Å². The van der Waals surface area contributed by atoms with Gasteiger partial charge in [0.15, 0.2) is 0 Å². The highest BCUT2D eigenvalue weighted by atomic mass is 32.1. The average molecular weight is 380 g/mol. The van der Waals surface area contributed by atoms with Gasteiger partial charge in [-0.3, -0.25) is 9.69 Å². The summed E-state index contributed by atoms with van der Waals surface area (Å²) in [6, 6.07) is 0.0858. The quantitative estimate of drug-likeness (QED) is 0.868. The van der Waals surface area contributed by atoms with Crippen LogP contribution in [0, 0.1) is 12.3 Å². The lowest BCUT2D eigenvalue weighted by Gasteiger charge is -2.50. The summed E-state index contributed by atoms with van der Waals surface area (Å²) in [6.45, 7) is 12.6. The van der Waals surface area contributed by atoms with Crippen LogP contribution in [0.4, 0.5) is 0 Å². The number of hydrogen-bond donors (Lipinski definition) is 1. The first-order chi connectivity index (χ1) is 12.3. The molecule has 0 radical (unpaired) electrons. The first-order valence-corrected chi connectivity index (χ1v) is 10.7. The number of morpholine rings is 1. The maximum atomic E-state index is 12.7. The SMILES string of the molecule is Cc1ncsc1C(=O)NC1CCCCC12CN(CCC(C)(C)C)CCO2. The Morgan fingerprint density at radius 3 is 2.96 bits per heavy atom. The summed E-state index contributed by atoms with van der Waals surface area (Å²) < 4.78 is 6.36. The van der Waals surface area contributed by atoms with Crippen molar-refractivity contribution in [2.24, 2.45) is 5.41 Å². The van der Waals surface area contributed by atoms with Gasteiger partial charge in [0.1, 0.15) is 10.5 Å². The number of amides is 1. The van der Waals surface area contributed by atoms with Crippen molar-refractivity contribution in [2.75, 3.05) is 26.2 Å². The monoisotopic (exact) mass is 379 g/mol. The van der Waals surface area contributed by atoms with E-state index in [0.717, 1.165) is 56.1 Å². The summed E-state index contributed by atoms with van der Waals surface area (Å²) in [6.07, 6.45) is 5.54. The van der Waals surface area contributed by atoms with Crippen LogP contribution in [-0.2, 0) is 4.74 Å². The molecule has 2 heterocycles. The number of nitrogens with one attached hydrogen (secondary N) is 1. The van der Waals surface area contributed by atoms with Crippen LogP contribution in [0.3, 0.4) is 0 Å². The van der Waals surface area contributed by atoms with E-state index in [0.29, 0.717) is 5.41 Å². The zero-order chi connectivity index (χ0) is 18.8. The van der Waals surface area contributed by atoms with E-state index in [2.05, 4.69) is 36.0 Å². The van der Waals surface area contributed by atoms with Crippen LogP contribution in [0.25, 0.3) is 0 Å². The van der Waals surface area contributed by atoms with Crippen LogP contribution in [0.15, 0.2) is 5.51 Å². The molecule has 5 nitrogen and oxygen atoms in total. The Kier molecular flexibility index (Phi) is 6.04. The smallest absolute Gasteiger partial charge is 0.263 e. The highest BCUT2D eigenvalue weighted by Crippen LogP contribution is 2.35. The van der Waals surface area contributed by atoms with Crippen molar-refractivity contribution in [2.45, 2.75) is 71.4 Å². The van der Waals surface area contributed by atoms with Crippen molar-refractivity contribution in [3.8, 4) is 0 Å². The number of carbonyl (C=O) groups is 1. The predicted molar refractivity (Wildman–Crippen MR) is 106 cm³/mol. The second-order valence-electron chi connectivity index (χ2n) is 9.04. The van der Waals surface area contributed by atoms with Gasteiger partial charge in [0.25, 0.3) is 5.91 Å². The summed E-state index contributed by atoms with van der Waals surface area (Å²) in [7, 11) is 0. The van der Waals surface area contributed by atoms with Gasteiger partial charge >= 0.3 is 0 Å². The standard InChI is InChI=1S/C20H33N3O2S/c1-15-17(26-14-21-15)18(24)22-16-7-5-6-8-20(16)13-23(11-12-25-20)10-9-19(2,3)4/h14,16H,5-13H2,1-4H3,(H,22,24). The van der Waals surface area contributed by atoms with Crippen molar-refractivity contribution in [3.05, 3.63) is 16.1 Å². The fraction of sp³-hybridized carbons (Fsp3) is 0.800. The minimum Gasteiger partial charge on any atom is -0.370 e. The van der Waals surface area contributed by atoms with Gasteiger partial charge < -0.3 is 10.1 Å². The van der Waals surface area contributed by atoms with E-state index in [-0.39, 0.29) is 17.6 Å². The summed E-state index contributed by atoms with van der Waals surface area (Å²) in [5, 5.41) is 3.30. The van der Waals surface area contributed by atoms with Gasteiger partial charge in [-0.05, 0) is 38.1 Å². The molecule has 1 saturated carbocycles. The second kappa shape index (κ2) is 7.95.